The Kier molecular flexibility index (Phi) is 4.98. The minimum atomic E-state index is -3.28. The van der Waals surface area contributed by atoms with Crippen molar-refractivity contribution in [3.63, 3.8) is 0 Å². The van der Waals surface area contributed by atoms with Gasteiger partial charge < -0.3 is 0 Å². The highest BCUT2D eigenvalue weighted by molar-refractivity contribution is 9.10. The molecule has 0 radical (unpaired) electrons. The van der Waals surface area contributed by atoms with E-state index < -0.39 is 10.0 Å². The van der Waals surface area contributed by atoms with Gasteiger partial charge in [-0.3, -0.25) is 4.72 Å². The Hall–Kier alpha value is -0.200. The minimum Gasteiger partial charge on any atom is -0.282 e. The lowest BCUT2D eigenvalue weighted by Crippen LogP contribution is -2.14. The third-order valence-electron chi connectivity index (χ3n) is 2.89. The largest absolute Gasteiger partial charge is 0.282 e. The molecule has 18 heavy (non-hydrogen) atoms. The second kappa shape index (κ2) is 6.30. The Morgan fingerprint density at radius 3 is 2.61 bits per heavy atom. The topological polar surface area (TPSA) is 46.2 Å². The maximum absolute atomic E-state index is 11.6. The van der Waals surface area contributed by atoms with E-state index in [2.05, 4.69) is 20.7 Å². The van der Waals surface area contributed by atoms with Gasteiger partial charge in [0.05, 0.1) is 5.69 Å². The summed E-state index contributed by atoms with van der Waals surface area (Å²) in [6, 6.07) is 7.60. The number of para-hydroxylation sites is 1. The Bertz CT molecular complexity index is 499. The number of sulfonamides is 1. The molecular formula is C12H16BrNO2S2. The smallest absolute Gasteiger partial charge is 0.242 e. The molecule has 0 spiro atoms. The van der Waals surface area contributed by atoms with E-state index in [1.54, 1.807) is 11.8 Å². The van der Waals surface area contributed by atoms with Crippen LogP contribution in [0.2, 0.25) is 0 Å². The summed E-state index contributed by atoms with van der Waals surface area (Å²) >= 11 is 4.77. The maximum Gasteiger partial charge on any atom is 0.242 e. The van der Waals surface area contributed by atoms with Crippen LogP contribution in [-0.4, -0.2) is 18.3 Å². The molecule has 1 N–H and O–H groups in total. The van der Waals surface area contributed by atoms with Crippen LogP contribution in [0.25, 0.3) is 0 Å². The number of hydrogen-bond acceptors (Lipinski definition) is 3. The van der Waals surface area contributed by atoms with Crippen LogP contribution in [0.4, 0.5) is 5.69 Å². The molecule has 0 unspecified atom stereocenters. The van der Waals surface area contributed by atoms with Crippen molar-refractivity contribution in [1.82, 2.24) is 0 Å². The first-order valence-corrected chi connectivity index (χ1v) is 9.58. The summed E-state index contributed by atoms with van der Waals surface area (Å²) in [4.78, 5) is 1.02. The van der Waals surface area contributed by atoms with Gasteiger partial charge in [-0.15, -0.1) is 11.8 Å². The molecule has 1 aliphatic carbocycles. The van der Waals surface area contributed by atoms with Crippen molar-refractivity contribution in [3.8, 4) is 0 Å². The molecule has 100 valence electrons. The van der Waals surface area contributed by atoms with Crippen LogP contribution in [0.3, 0.4) is 0 Å². The predicted molar refractivity (Wildman–Crippen MR) is 80.9 cm³/mol. The summed E-state index contributed by atoms with van der Waals surface area (Å²) in [6.45, 7) is 0. The number of benzene rings is 1. The van der Waals surface area contributed by atoms with Crippen LogP contribution in [0.1, 0.15) is 25.7 Å². The van der Waals surface area contributed by atoms with Crippen molar-refractivity contribution in [2.45, 2.75) is 35.8 Å². The fraction of sp³-hybridized carbons (Fsp3) is 0.500. The van der Waals surface area contributed by atoms with E-state index in [0.29, 0.717) is 10.9 Å². The van der Waals surface area contributed by atoms with Gasteiger partial charge in [0.25, 0.3) is 0 Å². The van der Waals surface area contributed by atoms with E-state index in [0.717, 1.165) is 4.90 Å². The van der Waals surface area contributed by atoms with E-state index in [1.165, 1.54) is 25.7 Å². The van der Waals surface area contributed by atoms with Crippen molar-refractivity contribution in [1.29, 1.82) is 0 Å². The van der Waals surface area contributed by atoms with Gasteiger partial charge in [-0.2, -0.15) is 0 Å². The molecule has 0 aliphatic heterocycles. The number of halogens is 1. The lowest BCUT2D eigenvalue weighted by Gasteiger charge is -2.14. The van der Waals surface area contributed by atoms with Gasteiger partial charge in [-0.05, 0) is 25.0 Å². The molecule has 0 heterocycles. The molecule has 0 amide bonds. The molecule has 6 heteroatoms. The van der Waals surface area contributed by atoms with Crippen molar-refractivity contribution in [2.75, 3.05) is 9.38 Å². The van der Waals surface area contributed by atoms with Crippen LogP contribution >= 0.6 is 27.7 Å². The molecule has 1 aliphatic rings. The molecule has 3 nitrogen and oxygen atoms in total. The quantitative estimate of drug-likeness (QED) is 0.822. The van der Waals surface area contributed by atoms with Crippen LogP contribution in [-0.2, 0) is 10.0 Å². The van der Waals surface area contributed by atoms with Gasteiger partial charge in [-0.25, -0.2) is 8.42 Å². The number of thioether (sulfide) groups is 1. The third-order valence-corrected chi connectivity index (χ3v) is 6.93. The Morgan fingerprint density at radius 2 is 1.94 bits per heavy atom. The average molecular weight is 350 g/mol. The lowest BCUT2D eigenvalue weighted by molar-refractivity contribution is 0.606. The molecule has 2 rings (SSSR count). The Balaban J connectivity index is 2.14. The highest BCUT2D eigenvalue weighted by Crippen LogP contribution is 2.38. The van der Waals surface area contributed by atoms with Crippen LogP contribution < -0.4 is 4.72 Å². The van der Waals surface area contributed by atoms with E-state index in [4.69, 9.17) is 0 Å². The van der Waals surface area contributed by atoms with Crippen molar-refractivity contribution in [2.24, 2.45) is 0 Å². The maximum atomic E-state index is 11.6. The minimum absolute atomic E-state index is 0.0809. The summed E-state index contributed by atoms with van der Waals surface area (Å²) in [5.74, 6) is 0. The standard InChI is InChI=1S/C12H16BrNO2S2/c13-9-18(15,16)14-11-7-3-4-8-12(11)17-10-5-1-2-6-10/h3-4,7-8,10,14H,1-2,5-6,9H2. The molecule has 1 saturated carbocycles. The fourth-order valence-corrected chi connectivity index (χ4v) is 4.34. The predicted octanol–water partition coefficient (Wildman–Crippen LogP) is 3.82. The van der Waals surface area contributed by atoms with Gasteiger partial charge in [-0.1, -0.05) is 40.9 Å². The fourth-order valence-electron chi connectivity index (χ4n) is 2.03. The molecule has 1 fully saturated rings. The molecule has 1 aromatic rings. The van der Waals surface area contributed by atoms with E-state index in [1.807, 2.05) is 24.3 Å². The first kappa shape index (κ1) is 14.2. The zero-order chi connectivity index (χ0) is 13.0. The average Bonchev–Trinajstić information content (AvgIpc) is 2.84. The number of alkyl halides is 1. The van der Waals surface area contributed by atoms with Gasteiger partial charge in [0.15, 0.2) is 0 Å². The second-order valence-corrected chi connectivity index (χ2v) is 8.71. The summed E-state index contributed by atoms with van der Waals surface area (Å²) in [5.41, 5.74) is 0.689. The highest BCUT2D eigenvalue weighted by Gasteiger charge is 2.18. The van der Waals surface area contributed by atoms with Crippen LogP contribution in [0.5, 0.6) is 0 Å². The van der Waals surface area contributed by atoms with Gasteiger partial charge in [0.2, 0.25) is 10.0 Å². The Labute approximate surface area is 121 Å². The van der Waals surface area contributed by atoms with Gasteiger partial charge in [0, 0.05) is 10.1 Å². The molecule has 0 bridgehead atoms. The molecule has 0 saturated heterocycles. The van der Waals surface area contributed by atoms with Crippen molar-refractivity contribution in [3.05, 3.63) is 24.3 Å². The van der Waals surface area contributed by atoms with E-state index in [-0.39, 0.29) is 4.66 Å². The zero-order valence-electron chi connectivity index (χ0n) is 9.93. The highest BCUT2D eigenvalue weighted by atomic mass is 79.9. The Morgan fingerprint density at radius 1 is 1.28 bits per heavy atom. The SMILES string of the molecule is O=S(=O)(CBr)Nc1ccccc1SC1CCCC1. The molecule has 0 aromatic heterocycles. The van der Waals surface area contributed by atoms with Crippen LogP contribution in [0.15, 0.2) is 29.2 Å². The molecular weight excluding hydrogens is 334 g/mol. The van der Waals surface area contributed by atoms with E-state index in [9.17, 15) is 8.42 Å². The van der Waals surface area contributed by atoms with Gasteiger partial charge in [0.1, 0.15) is 4.66 Å². The normalized spacial score (nSPS) is 16.9. The second-order valence-electron chi connectivity index (χ2n) is 4.35. The number of rotatable bonds is 5. The number of nitrogens with one attached hydrogen (secondary N) is 1. The summed E-state index contributed by atoms with van der Waals surface area (Å²) in [5, 5.41) is 0.625. The van der Waals surface area contributed by atoms with E-state index >= 15 is 0 Å². The number of hydrogen-bond donors (Lipinski definition) is 1. The summed E-state index contributed by atoms with van der Waals surface area (Å²) in [7, 11) is -3.28. The summed E-state index contributed by atoms with van der Waals surface area (Å²) in [6.07, 6.45) is 5.02. The lowest BCUT2D eigenvalue weighted by atomic mass is 10.3. The zero-order valence-corrected chi connectivity index (χ0v) is 13.2. The van der Waals surface area contributed by atoms with Crippen LogP contribution in [0, 0.1) is 0 Å². The monoisotopic (exact) mass is 349 g/mol. The number of anilines is 1. The van der Waals surface area contributed by atoms with Gasteiger partial charge >= 0.3 is 0 Å². The van der Waals surface area contributed by atoms with Crippen molar-refractivity contribution < 1.29 is 8.42 Å². The third kappa shape index (κ3) is 3.90. The molecule has 0 atom stereocenters. The summed E-state index contributed by atoms with van der Waals surface area (Å²) < 4.78 is 25.7. The molecule has 1 aromatic carbocycles. The van der Waals surface area contributed by atoms with Crippen molar-refractivity contribution >= 4 is 43.4 Å². The first-order valence-electron chi connectivity index (χ1n) is 5.93. The first-order chi connectivity index (χ1) is 8.61.